The van der Waals surface area contributed by atoms with Crippen molar-refractivity contribution < 1.29 is 18.0 Å². The summed E-state index contributed by atoms with van der Waals surface area (Å²) in [5.41, 5.74) is 5.45. The summed E-state index contributed by atoms with van der Waals surface area (Å²) in [4.78, 5) is 25.6. The Morgan fingerprint density at radius 1 is 1.00 bits per heavy atom. The van der Waals surface area contributed by atoms with Crippen LogP contribution >= 0.6 is 11.3 Å². The van der Waals surface area contributed by atoms with Gasteiger partial charge in [-0.3, -0.25) is 14.2 Å². The molecular formula is C21H13F3N2O2S. The maximum atomic E-state index is 14.3. The predicted molar refractivity (Wildman–Crippen MR) is 106 cm³/mol. The highest BCUT2D eigenvalue weighted by atomic mass is 32.1. The van der Waals surface area contributed by atoms with E-state index in [-0.39, 0.29) is 26.3 Å². The fourth-order valence-electron chi connectivity index (χ4n) is 3.18. The summed E-state index contributed by atoms with van der Waals surface area (Å²) < 4.78 is 43.1. The molecule has 0 saturated carbocycles. The lowest BCUT2D eigenvalue weighted by molar-refractivity contribution is 0.104. The summed E-state index contributed by atoms with van der Waals surface area (Å²) >= 11 is 0.875. The van der Waals surface area contributed by atoms with E-state index >= 15 is 0 Å². The van der Waals surface area contributed by atoms with Crippen molar-refractivity contribution in [2.75, 3.05) is 5.73 Å². The Kier molecular flexibility index (Phi) is 4.50. The fourth-order valence-corrected chi connectivity index (χ4v) is 4.24. The average Bonchev–Trinajstić information content (AvgIpc) is 3.00. The molecule has 0 radical (unpaired) electrons. The second-order valence-corrected chi connectivity index (χ2v) is 7.46. The minimum atomic E-state index is -0.923. The summed E-state index contributed by atoms with van der Waals surface area (Å²) in [6.45, 7) is 1.53. The van der Waals surface area contributed by atoms with Crippen molar-refractivity contribution in [3.8, 4) is 5.69 Å². The lowest BCUT2D eigenvalue weighted by Gasteiger charge is -2.09. The highest BCUT2D eigenvalue weighted by molar-refractivity contribution is 7.22. The van der Waals surface area contributed by atoms with Crippen molar-refractivity contribution in [1.82, 2.24) is 4.57 Å². The van der Waals surface area contributed by atoms with Crippen LogP contribution in [-0.2, 0) is 0 Å². The van der Waals surface area contributed by atoms with Crippen LogP contribution in [0.5, 0.6) is 0 Å². The number of aryl methyl sites for hydroxylation is 1. The topological polar surface area (TPSA) is 65.1 Å². The van der Waals surface area contributed by atoms with Crippen molar-refractivity contribution >= 4 is 32.3 Å². The molecule has 0 amide bonds. The number of anilines is 1. The Labute approximate surface area is 166 Å². The van der Waals surface area contributed by atoms with Crippen LogP contribution in [0, 0.1) is 24.4 Å². The van der Waals surface area contributed by atoms with Gasteiger partial charge in [-0.1, -0.05) is 17.4 Å². The van der Waals surface area contributed by atoms with Crippen LogP contribution in [0.1, 0.15) is 21.5 Å². The quantitative estimate of drug-likeness (QED) is 0.499. The SMILES string of the molecule is Cc1cc(C(=O)c2c(N)sc3c2ccc(=O)n3-c2c(F)cccc2F)ccc1F. The van der Waals surface area contributed by atoms with Gasteiger partial charge in [-0.25, -0.2) is 13.2 Å². The van der Waals surface area contributed by atoms with Crippen molar-refractivity contribution in [3.05, 3.63) is 93.0 Å². The second-order valence-electron chi connectivity index (χ2n) is 6.43. The van der Waals surface area contributed by atoms with E-state index in [4.69, 9.17) is 5.73 Å². The number of hydrogen-bond donors (Lipinski definition) is 1. The van der Waals surface area contributed by atoms with Crippen molar-refractivity contribution in [3.63, 3.8) is 0 Å². The van der Waals surface area contributed by atoms with E-state index in [1.54, 1.807) is 0 Å². The van der Waals surface area contributed by atoms with Gasteiger partial charge in [-0.05, 0) is 48.9 Å². The lowest BCUT2D eigenvalue weighted by atomic mass is 10.0. The molecule has 0 fully saturated rings. The fraction of sp³-hybridized carbons (Fsp3) is 0.0476. The van der Waals surface area contributed by atoms with Crippen LogP contribution in [0.3, 0.4) is 0 Å². The summed E-state index contributed by atoms with van der Waals surface area (Å²) in [7, 11) is 0. The molecule has 4 rings (SSSR count). The summed E-state index contributed by atoms with van der Waals surface area (Å²) in [5.74, 6) is -2.77. The van der Waals surface area contributed by atoms with E-state index in [1.807, 2.05) is 0 Å². The number of nitrogens with two attached hydrogens (primary N) is 1. The molecule has 146 valence electrons. The average molecular weight is 414 g/mol. The van der Waals surface area contributed by atoms with Crippen LogP contribution in [-0.4, -0.2) is 10.4 Å². The van der Waals surface area contributed by atoms with Crippen molar-refractivity contribution in [2.45, 2.75) is 6.92 Å². The Balaban J connectivity index is 2.00. The number of rotatable bonds is 3. The molecule has 8 heteroatoms. The van der Waals surface area contributed by atoms with Gasteiger partial charge < -0.3 is 5.73 Å². The molecule has 0 unspecified atom stereocenters. The molecule has 0 atom stereocenters. The molecule has 2 aromatic carbocycles. The molecule has 4 nitrogen and oxygen atoms in total. The van der Waals surface area contributed by atoms with E-state index in [2.05, 4.69) is 0 Å². The molecular weight excluding hydrogens is 401 g/mol. The number of para-hydroxylation sites is 1. The van der Waals surface area contributed by atoms with E-state index in [9.17, 15) is 22.8 Å². The van der Waals surface area contributed by atoms with Gasteiger partial charge in [0.05, 0.1) is 10.6 Å². The monoisotopic (exact) mass is 414 g/mol. The Morgan fingerprint density at radius 2 is 1.69 bits per heavy atom. The maximum absolute atomic E-state index is 14.3. The first-order chi connectivity index (χ1) is 13.8. The summed E-state index contributed by atoms with van der Waals surface area (Å²) in [6.07, 6.45) is 0. The lowest BCUT2D eigenvalue weighted by Crippen LogP contribution is -2.19. The van der Waals surface area contributed by atoms with Gasteiger partial charge in [0.15, 0.2) is 5.78 Å². The predicted octanol–water partition coefficient (Wildman–Crippen LogP) is 4.59. The molecule has 2 aromatic heterocycles. The number of carbonyl (C=O) groups is 1. The Bertz CT molecular complexity index is 1340. The van der Waals surface area contributed by atoms with Gasteiger partial charge in [-0.2, -0.15) is 0 Å². The molecule has 4 aromatic rings. The van der Waals surface area contributed by atoms with Crippen molar-refractivity contribution in [1.29, 1.82) is 0 Å². The largest absolute Gasteiger partial charge is 0.390 e. The number of pyridine rings is 1. The van der Waals surface area contributed by atoms with Gasteiger partial charge in [0.25, 0.3) is 5.56 Å². The first kappa shape index (κ1) is 18.9. The molecule has 0 aliphatic rings. The highest BCUT2D eigenvalue weighted by Gasteiger charge is 2.24. The molecule has 0 aliphatic heterocycles. The first-order valence-corrected chi connectivity index (χ1v) is 9.30. The number of hydrogen-bond acceptors (Lipinski definition) is 4. The maximum Gasteiger partial charge on any atom is 0.256 e. The number of aromatic nitrogens is 1. The summed E-state index contributed by atoms with van der Waals surface area (Å²) in [6, 6.07) is 9.68. The molecule has 0 aliphatic carbocycles. The van der Waals surface area contributed by atoms with Gasteiger partial charge in [0.2, 0.25) is 0 Å². The van der Waals surface area contributed by atoms with E-state index in [0.717, 1.165) is 34.1 Å². The second kappa shape index (κ2) is 6.89. The minimum absolute atomic E-state index is 0.0862. The normalized spacial score (nSPS) is 11.2. The molecule has 2 heterocycles. The third-order valence-electron chi connectivity index (χ3n) is 4.58. The van der Waals surface area contributed by atoms with Gasteiger partial charge >= 0.3 is 0 Å². The number of nitrogen functional groups attached to an aromatic ring is 1. The van der Waals surface area contributed by atoms with E-state index in [0.29, 0.717) is 5.56 Å². The van der Waals surface area contributed by atoms with Crippen molar-refractivity contribution in [2.24, 2.45) is 0 Å². The molecule has 0 bridgehead atoms. The number of fused-ring (bicyclic) bond motifs is 1. The van der Waals surface area contributed by atoms with E-state index in [1.165, 1.54) is 37.3 Å². The van der Waals surface area contributed by atoms with E-state index < -0.39 is 34.5 Å². The highest BCUT2D eigenvalue weighted by Crippen LogP contribution is 2.36. The number of thiophene rings is 1. The number of nitrogens with zero attached hydrogens (tertiary/aromatic N) is 1. The first-order valence-electron chi connectivity index (χ1n) is 8.49. The number of benzene rings is 2. The number of carbonyl (C=O) groups excluding carboxylic acids is 1. The third kappa shape index (κ3) is 3.01. The van der Waals surface area contributed by atoms with Crippen LogP contribution in [0.4, 0.5) is 18.2 Å². The zero-order valence-electron chi connectivity index (χ0n) is 15.0. The van der Waals surface area contributed by atoms with Crippen LogP contribution in [0.15, 0.2) is 53.3 Å². The molecule has 29 heavy (non-hydrogen) atoms. The Hall–Kier alpha value is -3.39. The Morgan fingerprint density at radius 3 is 2.34 bits per heavy atom. The smallest absolute Gasteiger partial charge is 0.256 e. The summed E-state index contributed by atoms with van der Waals surface area (Å²) in [5, 5.41) is 0.366. The zero-order valence-corrected chi connectivity index (χ0v) is 15.8. The van der Waals surface area contributed by atoms with Gasteiger partial charge in [-0.15, -0.1) is 0 Å². The molecule has 2 N–H and O–H groups in total. The van der Waals surface area contributed by atoms with Gasteiger partial charge in [0.1, 0.15) is 28.0 Å². The molecule has 0 spiro atoms. The molecule has 0 saturated heterocycles. The minimum Gasteiger partial charge on any atom is -0.390 e. The van der Waals surface area contributed by atoms with Crippen LogP contribution in [0.25, 0.3) is 15.9 Å². The zero-order chi connectivity index (χ0) is 20.9. The van der Waals surface area contributed by atoms with Gasteiger partial charge in [0, 0.05) is 17.0 Å². The number of ketones is 1. The van der Waals surface area contributed by atoms with Crippen LogP contribution < -0.4 is 11.3 Å². The third-order valence-corrected chi connectivity index (χ3v) is 5.60. The van der Waals surface area contributed by atoms with Crippen LogP contribution in [0.2, 0.25) is 0 Å². The number of halogens is 3. The standard InChI is InChI=1S/C21H13F3N2O2S/c1-10-9-11(5-7-13(10)22)19(28)17-12-6-8-16(27)26(21(12)29-20(17)25)18-14(23)3-2-4-15(18)24/h2-9H,25H2,1H3.